The van der Waals surface area contributed by atoms with Crippen molar-refractivity contribution < 1.29 is 4.39 Å². The van der Waals surface area contributed by atoms with Gasteiger partial charge in [0.15, 0.2) is 0 Å². The van der Waals surface area contributed by atoms with Gasteiger partial charge in [0.2, 0.25) is 0 Å². The van der Waals surface area contributed by atoms with Gasteiger partial charge in [0.25, 0.3) is 0 Å². The van der Waals surface area contributed by atoms with Crippen molar-refractivity contribution in [2.24, 2.45) is 0 Å². The van der Waals surface area contributed by atoms with Crippen LogP contribution >= 0.6 is 0 Å². The maximum atomic E-state index is 11.7. The zero-order chi connectivity index (χ0) is 5.70. The Labute approximate surface area is 41.7 Å². The summed E-state index contributed by atoms with van der Waals surface area (Å²) in [6.07, 6.45) is 3.04. The lowest BCUT2D eigenvalue weighted by molar-refractivity contribution is 0.685. The molecule has 0 aliphatic rings. The second-order valence-corrected chi connectivity index (χ2v) is 0.932. The second-order valence-electron chi connectivity index (χ2n) is 0.932. The van der Waals surface area contributed by atoms with Crippen LogP contribution in [-0.2, 0) is 0 Å². The molecule has 0 saturated heterocycles. The molecule has 7 heavy (non-hydrogen) atoms. The highest BCUT2D eigenvalue weighted by Crippen LogP contribution is 1.87. The average molecular weight is 99.1 g/mol. The first kappa shape index (κ1) is 6.08. The van der Waals surface area contributed by atoms with Gasteiger partial charge in [0, 0.05) is 0 Å². The van der Waals surface area contributed by atoms with Crippen LogP contribution in [0.15, 0.2) is 24.6 Å². The zero-order valence-electron chi connectivity index (χ0n) is 3.82. The van der Waals surface area contributed by atoms with Crippen molar-refractivity contribution in [3.8, 4) is 0 Å². The summed E-state index contributed by atoms with van der Waals surface area (Å²) in [5.41, 5.74) is 0. The minimum absolute atomic E-state index is 0.574. The summed E-state index contributed by atoms with van der Waals surface area (Å²) in [4.78, 5) is 0. The van der Waals surface area contributed by atoms with Crippen molar-refractivity contribution in [2.45, 2.75) is 0 Å². The number of allylic oxidation sites excluding steroid dienone is 3. The smallest absolute Gasteiger partial charge is 0.140 e. The average Bonchev–Trinajstić information content (AvgIpc) is 1.68. The number of hydrogen-bond acceptors (Lipinski definition) is 1. The lowest BCUT2D eigenvalue weighted by Gasteiger charge is -1.73. The lowest BCUT2D eigenvalue weighted by atomic mass is 10.5. The molecule has 0 aliphatic heterocycles. The highest BCUT2D eigenvalue weighted by atomic mass is 19.1. The van der Waals surface area contributed by atoms with Gasteiger partial charge in [-0.05, 0) is 6.08 Å². The Hall–Kier alpha value is -0.920. The van der Waals surface area contributed by atoms with E-state index in [9.17, 15) is 4.39 Å². The minimum Gasteiger partial charge on any atom is -0.306 e. The molecular formula is C5H6FN. The van der Waals surface area contributed by atoms with E-state index in [1.54, 1.807) is 0 Å². The predicted molar refractivity (Wildman–Crippen MR) is 28.2 cm³/mol. The monoisotopic (exact) mass is 99.0 g/mol. The van der Waals surface area contributed by atoms with Gasteiger partial charge in [-0.15, -0.1) is 0 Å². The Kier molecular flexibility index (Phi) is 2.85. The van der Waals surface area contributed by atoms with Crippen molar-refractivity contribution in [3.63, 3.8) is 0 Å². The molecule has 0 spiro atoms. The molecule has 0 radical (unpaired) electrons. The number of nitrogens with one attached hydrogen (secondary N) is 1. The van der Waals surface area contributed by atoms with E-state index in [4.69, 9.17) is 5.41 Å². The van der Waals surface area contributed by atoms with Crippen molar-refractivity contribution in [1.29, 1.82) is 5.41 Å². The normalized spacial score (nSPS) is 10.7. The molecule has 1 N–H and O–H groups in total. The molecule has 0 bridgehead atoms. The SMILES string of the molecule is C=C/C=C(/F)C=N. The molecule has 1 nitrogen and oxygen atoms in total. The summed E-state index contributed by atoms with van der Waals surface area (Å²) in [5, 5.41) is 6.30. The van der Waals surface area contributed by atoms with Crippen molar-refractivity contribution >= 4 is 6.21 Å². The third kappa shape index (κ3) is 2.89. The molecule has 0 atom stereocenters. The summed E-state index contributed by atoms with van der Waals surface area (Å²) in [7, 11) is 0. The molecule has 0 rings (SSSR count). The van der Waals surface area contributed by atoms with Crippen LogP contribution in [0.3, 0.4) is 0 Å². The third-order valence-corrected chi connectivity index (χ3v) is 0.415. The Morgan fingerprint density at radius 2 is 2.29 bits per heavy atom. The molecule has 0 aromatic carbocycles. The van der Waals surface area contributed by atoms with Gasteiger partial charge in [-0.25, -0.2) is 4.39 Å². The topological polar surface area (TPSA) is 23.9 Å². The van der Waals surface area contributed by atoms with Crippen molar-refractivity contribution in [1.82, 2.24) is 0 Å². The van der Waals surface area contributed by atoms with Gasteiger partial charge in [-0.3, -0.25) is 0 Å². The fraction of sp³-hybridized carbons (Fsp3) is 0. The first-order valence-electron chi connectivity index (χ1n) is 1.80. The number of hydrogen-bond donors (Lipinski definition) is 1. The first-order chi connectivity index (χ1) is 3.31. The van der Waals surface area contributed by atoms with E-state index in [0.29, 0.717) is 6.21 Å². The van der Waals surface area contributed by atoms with Gasteiger partial charge in [-0.1, -0.05) is 12.7 Å². The molecule has 0 heterocycles. The Morgan fingerprint density at radius 1 is 1.71 bits per heavy atom. The molecule has 38 valence electrons. The van der Waals surface area contributed by atoms with Crippen LogP contribution in [0.4, 0.5) is 4.39 Å². The summed E-state index contributed by atoms with van der Waals surface area (Å²) < 4.78 is 11.7. The lowest BCUT2D eigenvalue weighted by Crippen LogP contribution is -1.66. The van der Waals surface area contributed by atoms with Crippen LogP contribution in [0, 0.1) is 5.41 Å². The number of rotatable bonds is 2. The summed E-state index contributed by atoms with van der Waals surface area (Å²) >= 11 is 0. The van der Waals surface area contributed by atoms with Crippen LogP contribution in [0.1, 0.15) is 0 Å². The standard InChI is InChI=1S/C5H6FN/c1-2-3-5(6)4-7/h2-4,7H,1H2/b5-3+,7-4?. The fourth-order valence-electron chi connectivity index (χ4n) is 0.161. The molecule has 0 unspecified atom stereocenters. The van der Waals surface area contributed by atoms with Crippen LogP contribution in [0.2, 0.25) is 0 Å². The van der Waals surface area contributed by atoms with Gasteiger partial charge in [0.05, 0.1) is 6.21 Å². The maximum Gasteiger partial charge on any atom is 0.140 e. The Balaban J connectivity index is 3.72. The molecule has 0 amide bonds. The Morgan fingerprint density at radius 3 is 2.43 bits per heavy atom. The molecule has 0 fully saturated rings. The van der Waals surface area contributed by atoms with Crippen LogP contribution in [-0.4, -0.2) is 6.21 Å². The summed E-state index contributed by atoms with van der Waals surface area (Å²) in [6, 6.07) is 0. The molecule has 2 heteroatoms. The number of halogens is 1. The van der Waals surface area contributed by atoms with Crippen LogP contribution in [0.25, 0.3) is 0 Å². The fourth-order valence-corrected chi connectivity index (χ4v) is 0.161. The van der Waals surface area contributed by atoms with E-state index >= 15 is 0 Å². The zero-order valence-corrected chi connectivity index (χ0v) is 3.82. The van der Waals surface area contributed by atoms with E-state index in [1.165, 1.54) is 6.08 Å². The van der Waals surface area contributed by atoms with Gasteiger partial charge >= 0.3 is 0 Å². The second kappa shape index (κ2) is 3.28. The van der Waals surface area contributed by atoms with E-state index in [2.05, 4.69) is 6.58 Å². The summed E-state index contributed by atoms with van der Waals surface area (Å²) in [5.74, 6) is -0.574. The van der Waals surface area contributed by atoms with Crippen molar-refractivity contribution in [3.05, 3.63) is 24.6 Å². The largest absolute Gasteiger partial charge is 0.306 e. The maximum absolute atomic E-state index is 11.7. The molecule has 0 aromatic heterocycles. The minimum atomic E-state index is -0.574. The molecule has 0 saturated carbocycles. The van der Waals surface area contributed by atoms with Crippen molar-refractivity contribution in [2.75, 3.05) is 0 Å². The first-order valence-corrected chi connectivity index (χ1v) is 1.80. The molecule has 0 aliphatic carbocycles. The summed E-state index contributed by atoms with van der Waals surface area (Å²) in [6.45, 7) is 3.23. The van der Waals surface area contributed by atoms with E-state index in [1.807, 2.05) is 0 Å². The third-order valence-electron chi connectivity index (χ3n) is 0.415. The Bertz CT molecular complexity index is 105. The van der Waals surface area contributed by atoms with Gasteiger partial charge < -0.3 is 5.41 Å². The molecule has 0 aromatic rings. The van der Waals surface area contributed by atoms with E-state index in [0.717, 1.165) is 6.08 Å². The quantitative estimate of drug-likeness (QED) is 0.402. The van der Waals surface area contributed by atoms with E-state index in [-0.39, 0.29) is 0 Å². The van der Waals surface area contributed by atoms with Crippen LogP contribution in [0.5, 0.6) is 0 Å². The highest BCUT2D eigenvalue weighted by molar-refractivity contribution is 5.72. The van der Waals surface area contributed by atoms with Gasteiger partial charge in [-0.2, -0.15) is 0 Å². The molecular weight excluding hydrogens is 93.1 g/mol. The van der Waals surface area contributed by atoms with Crippen LogP contribution < -0.4 is 0 Å². The van der Waals surface area contributed by atoms with Gasteiger partial charge in [0.1, 0.15) is 5.83 Å². The predicted octanol–water partition coefficient (Wildman–Crippen LogP) is 1.68. The highest BCUT2D eigenvalue weighted by Gasteiger charge is 1.77. The van der Waals surface area contributed by atoms with E-state index < -0.39 is 5.83 Å².